The Labute approximate surface area is 228 Å². The summed E-state index contributed by atoms with van der Waals surface area (Å²) >= 11 is 0. The van der Waals surface area contributed by atoms with Gasteiger partial charge in [0.05, 0.1) is 12.7 Å². The lowest BCUT2D eigenvalue weighted by Gasteiger charge is -2.36. The Morgan fingerprint density at radius 3 is 1.92 bits per heavy atom. The molecule has 0 fully saturated rings. The Morgan fingerprint density at radius 2 is 1.46 bits per heavy atom. The Bertz CT molecular complexity index is 1040. The zero-order valence-electron chi connectivity index (χ0n) is 24.4. The van der Waals surface area contributed by atoms with Crippen molar-refractivity contribution in [1.29, 1.82) is 0 Å². The monoisotopic (exact) mass is 534 g/mol. The summed E-state index contributed by atoms with van der Waals surface area (Å²) in [4.78, 5) is 0. The van der Waals surface area contributed by atoms with Gasteiger partial charge in [-0.05, 0) is 55.7 Å². The van der Waals surface area contributed by atoms with E-state index < -0.39 is 16.6 Å². The first-order valence-corrected chi connectivity index (χ1v) is 18.0. The van der Waals surface area contributed by atoms with Crippen LogP contribution in [-0.2, 0) is 13.6 Å². The maximum absolute atomic E-state index is 7.22. The number of allylic oxidation sites excluding steroid dienone is 1. The van der Waals surface area contributed by atoms with E-state index in [1.165, 1.54) is 11.1 Å². The van der Waals surface area contributed by atoms with Gasteiger partial charge < -0.3 is 13.6 Å². The third-order valence-corrected chi connectivity index (χ3v) is 14.8. The zero-order valence-corrected chi connectivity index (χ0v) is 26.4. The van der Waals surface area contributed by atoms with Gasteiger partial charge in [0.2, 0.25) is 0 Å². The lowest BCUT2D eigenvalue weighted by atomic mass is 10.1. The van der Waals surface area contributed by atoms with Crippen molar-refractivity contribution in [3.8, 4) is 11.5 Å². The minimum absolute atomic E-state index is 0.137. The quantitative estimate of drug-likeness (QED) is 0.184. The van der Waals surface area contributed by atoms with Crippen molar-refractivity contribution in [2.75, 3.05) is 20.3 Å². The highest BCUT2D eigenvalue weighted by molar-refractivity contribution is 7.03. The molecule has 0 aromatic heterocycles. The van der Waals surface area contributed by atoms with Crippen LogP contribution in [0, 0.1) is 11.5 Å². The van der Waals surface area contributed by atoms with Crippen LogP contribution in [0.3, 0.4) is 0 Å². The molecule has 0 saturated heterocycles. The number of ether oxygens (including phenoxy) is 1. The normalized spacial score (nSPS) is 13.5. The third kappa shape index (κ3) is 9.24. The summed E-state index contributed by atoms with van der Waals surface area (Å²) in [6.07, 6.45) is 5.14. The Balaban J connectivity index is 2.56. The van der Waals surface area contributed by atoms with E-state index in [0.717, 1.165) is 16.8 Å². The predicted molar refractivity (Wildman–Crippen MR) is 163 cm³/mol. The summed E-state index contributed by atoms with van der Waals surface area (Å²) in [5, 5.41) is 2.44. The topological polar surface area (TPSA) is 27.7 Å². The predicted octanol–water partition coefficient (Wildman–Crippen LogP) is 6.64. The smallest absolute Gasteiger partial charge is 0.337 e. The van der Waals surface area contributed by atoms with Crippen LogP contribution in [0.5, 0.6) is 0 Å². The maximum atomic E-state index is 7.22. The average molecular weight is 535 g/mol. The molecule has 5 heteroatoms. The summed E-state index contributed by atoms with van der Waals surface area (Å²) in [5.74, 6) is 3.27. The minimum Gasteiger partial charge on any atom is -0.413 e. The van der Waals surface area contributed by atoms with Crippen molar-refractivity contribution in [3.05, 3.63) is 84.0 Å². The van der Waals surface area contributed by atoms with Crippen LogP contribution < -0.4 is 10.4 Å². The van der Waals surface area contributed by atoms with Crippen LogP contribution in [0.15, 0.2) is 84.0 Å². The molecule has 37 heavy (non-hydrogen) atoms. The molecule has 0 bridgehead atoms. The van der Waals surface area contributed by atoms with Crippen molar-refractivity contribution in [1.82, 2.24) is 0 Å². The zero-order chi connectivity index (χ0) is 27.5. The molecule has 0 spiro atoms. The van der Waals surface area contributed by atoms with Crippen molar-refractivity contribution in [2.45, 2.75) is 72.2 Å². The van der Waals surface area contributed by atoms with E-state index in [2.05, 4.69) is 127 Å². The van der Waals surface area contributed by atoms with Crippen LogP contribution in [0.2, 0.25) is 18.1 Å². The van der Waals surface area contributed by atoms with Gasteiger partial charge in [-0.2, -0.15) is 0 Å². The highest BCUT2D eigenvalue weighted by atomic mass is 28.4. The van der Waals surface area contributed by atoms with E-state index in [1.54, 1.807) is 7.11 Å². The van der Waals surface area contributed by atoms with E-state index in [0.29, 0.717) is 13.2 Å². The highest BCUT2D eigenvalue weighted by Gasteiger charge is 2.41. The summed E-state index contributed by atoms with van der Waals surface area (Å²) in [5.41, 5.74) is 6.06. The molecule has 200 valence electrons. The first kappa shape index (κ1) is 31.0. The fourth-order valence-corrected chi connectivity index (χ4v) is 7.90. The molecule has 0 aliphatic rings. The minimum atomic E-state index is -2.92. The van der Waals surface area contributed by atoms with Crippen LogP contribution in [0.1, 0.15) is 48.0 Å². The molecule has 1 unspecified atom stereocenters. The van der Waals surface area contributed by atoms with Gasteiger partial charge in [-0.15, -0.1) is 0 Å². The molecule has 0 amide bonds. The van der Waals surface area contributed by atoms with Gasteiger partial charge in [0.25, 0.3) is 0 Å². The summed E-state index contributed by atoms with van der Waals surface area (Å²) in [6, 6.07) is 21.0. The SMILES string of the molecule is COCC#C[Si](OC(/C=C(\C)CO[Si](C)(C)C(C)(C)C)CC=C(C)C)(c1ccccc1)c1ccccc1. The maximum Gasteiger partial charge on any atom is 0.337 e. The van der Waals surface area contributed by atoms with E-state index in [-0.39, 0.29) is 11.1 Å². The van der Waals surface area contributed by atoms with Crippen LogP contribution in [0.25, 0.3) is 0 Å². The molecule has 0 N–H and O–H groups in total. The standard InChI is InChI=1S/C32H46O3Si2/c1-27(2)21-22-29(25-28(3)26-34-36(8,9)32(4,5)6)35-37(24-16-23-33-7,30-17-12-10-13-18-30)31-19-14-11-15-20-31/h10-15,17-21,25,29H,22-23,26H2,1-9H3/b28-25+. The summed E-state index contributed by atoms with van der Waals surface area (Å²) in [6.45, 7) is 18.8. The Morgan fingerprint density at radius 1 is 0.919 bits per heavy atom. The van der Waals surface area contributed by atoms with Gasteiger partial charge in [-0.3, -0.25) is 0 Å². The van der Waals surface area contributed by atoms with E-state index in [9.17, 15) is 0 Å². The van der Waals surface area contributed by atoms with Crippen molar-refractivity contribution in [3.63, 3.8) is 0 Å². The van der Waals surface area contributed by atoms with Gasteiger partial charge in [-0.1, -0.05) is 116 Å². The second-order valence-electron chi connectivity index (χ2n) is 11.4. The molecule has 2 rings (SSSR count). The molecular weight excluding hydrogens is 489 g/mol. The van der Waals surface area contributed by atoms with E-state index in [1.807, 2.05) is 12.1 Å². The fraction of sp³-hybridized carbons (Fsp3) is 0.438. The average Bonchev–Trinajstić information content (AvgIpc) is 2.86. The first-order valence-electron chi connectivity index (χ1n) is 13.1. The second-order valence-corrected chi connectivity index (χ2v) is 19.2. The van der Waals surface area contributed by atoms with Gasteiger partial charge in [0, 0.05) is 7.11 Å². The molecule has 0 heterocycles. The molecule has 2 aromatic rings. The first-order chi connectivity index (χ1) is 17.4. The number of methoxy groups -OCH3 is 1. The van der Waals surface area contributed by atoms with Crippen LogP contribution in [-0.4, -0.2) is 43.1 Å². The largest absolute Gasteiger partial charge is 0.413 e. The van der Waals surface area contributed by atoms with Crippen molar-refractivity contribution < 1.29 is 13.6 Å². The number of hydrogen-bond acceptors (Lipinski definition) is 3. The second kappa shape index (κ2) is 14.1. The molecule has 2 aromatic carbocycles. The van der Waals surface area contributed by atoms with Gasteiger partial charge in [0.15, 0.2) is 8.32 Å². The number of hydrogen-bond donors (Lipinski definition) is 0. The summed E-state index contributed by atoms with van der Waals surface area (Å²) < 4.78 is 19.1. The molecular formula is C32H46O3Si2. The van der Waals surface area contributed by atoms with Crippen LogP contribution >= 0.6 is 0 Å². The molecule has 0 aliphatic heterocycles. The van der Waals surface area contributed by atoms with E-state index in [4.69, 9.17) is 13.6 Å². The lowest BCUT2D eigenvalue weighted by molar-refractivity contribution is 0.239. The van der Waals surface area contributed by atoms with E-state index >= 15 is 0 Å². The van der Waals surface area contributed by atoms with Gasteiger partial charge in [-0.25, -0.2) is 0 Å². The van der Waals surface area contributed by atoms with Gasteiger partial charge in [0.1, 0.15) is 6.61 Å². The highest BCUT2D eigenvalue weighted by Crippen LogP contribution is 2.36. The Kier molecular flexibility index (Phi) is 11.8. The molecule has 1 atom stereocenters. The van der Waals surface area contributed by atoms with Gasteiger partial charge >= 0.3 is 8.32 Å². The Hall–Kier alpha value is -2.21. The van der Waals surface area contributed by atoms with Crippen LogP contribution in [0.4, 0.5) is 0 Å². The van der Waals surface area contributed by atoms with Crippen molar-refractivity contribution >= 4 is 27.0 Å². The number of rotatable bonds is 11. The molecule has 0 saturated carbocycles. The number of benzene rings is 2. The molecule has 0 aliphatic carbocycles. The fourth-order valence-electron chi connectivity index (χ4n) is 3.66. The summed E-state index contributed by atoms with van der Waals surface area (Å²) in [7, 11) is -3.10. The molecule has 3 nitrogen and oxygen atoms in total. The third-order valence-electron chi connectivity index (χ3n) is 6.87. The lowest BCUT2D eigenvalue weighted by Crippen LogP contribution is -2.61. The molecule has 0 radical (unpaired) electrons. The van der Waals surface area contributed by atoms with Crippen molar-refractivity contribution in [2.24, 2.45) is 0 Å².